The largest absolute Gasteiger partial charge is 0.417 e. The van der Waals surface area contributed by atoms with Crippen molar-refractivity contribution in [2.45, 2.75) is 12.7 Å². The van der Waals surface area contributed by atoms with Gasteiger partial charge >= 0.3 is 6.18 Å². The third-order valence-corrected chi connectivity index (χ3v) is 3.19. The summed E-state index contributed by atoms with van der Waals surface area (Å²) < 4.78 is 38.1. The molecule has 110 valence electrons. The monoisotopic (exact) mass is 314 g/mol. The van der Waals surface area contributed by atoms with Crippen LogP contribution in [-0.4, -0.2) is 10.9 Å². The molecule has 1 amide bonds. The highest BCUT2D eigenvalue weighted by atomic mass is 35.5. The first-order chi connectivity index (χ1) is 9.89. The van der Waals surface area contributed by atoms with Crippen LogP contribution in [0.5, 0.6) is 0 Å². The van der Waals surface area contributed by atoms with Crippen LogP contribution >= 0.6 is 11.6 Å². The van der Waals surface area contributed by atoms with Crippen molar-refractivity contribution >= 4 is 17.5 Å². The summed E-state index contributed by atoms with van der Waals surface area (Å²) in [7, 11) is 0. The second kappa shape index (κ2) is 6.13. The number of pyridine rings is 1. The number of hydrogen-bond acceptors (Lipinski definition) is 2. The Morgan fingerprint density at radius 1 is 1.24 bits per heavy atom. The average Bonchev–Trinajstić information content (AvgIpc) is 2.45. The predicted octanol–water partition coefficient (Wildman–Crippen LogP) is 3.68. The van der Waals surface area contributed by atoms with Gasteiger partial charge in [-0.2, -0.15) is 13.2 Å². The number of carbonyl (C=O) groups is 1. The van der Waals surface area contributed by atoms with E-state index in [9.17, 15) is 18.0 Å². The molecular formula is C14H10ClF3N2O. The van der Waals surface area contributed by atoms with E-state index in [2.05, 4.69) is 10.3 Å². The molecule has 0 fully saturated rings. The Balaban J connectivity index is 2.13. The second-order valence-electron chi connectivity index (χ2n) is 4.20. The van der Waals surface area contributed by atoms with Crippen LogP contribution in [0.25, 0.3) is 0 Å². The van der Waals surface area contributed by atoms with Gasteiger partial charge in [0.25, 0.3) is 5.91 Å². The lowest BCUT2D eigenvalue weighted by atomic mass is 10.1. The van der Waals surface area contributed by atoms with E-state index >= 15 is 0 Å². The van der Waals surface area contributed by atoms with Gasteiger partial charge in [0, 0.05) is 18.9 Å². The summed E-state index contributed by atoms with van der Waals surface area (Å²) in [6.07, 6.45) is -1.65. The zero-order valence-corrected chi connectivity index (χ0v) is 11.4. The number of alkyl halides is 3. The number of nitrogens with zero attached hydrogens (tertiary/aromatic N) is 1. The first-order valence-electron chi connectivity index (χ1n) is 5.92. The molecule has 1 N–H and O–H groups in total. The molecule has 0 unspecified atom stereocenters. The van der Waals surface area contributed by atoms with Crippen LogP contribution < -0.4 is 5.32 Å². The number of hydrogen-bond donors (Lipinski definition) is 1. The summed E-state index contributed by atoms with van der Waals surface area (Å²) in [5, 5.41) is 2.10. The summed E-state index contributed by atoms with van der Waals surface area (Å²) in [4.78, 5) is 15.6. The third-order valence-electron chi connectivity index (χ3n) is 2.75. The Morgan fingerprint density at radius 2 is 2.00 bits per heavy atom. The minimum absolute atomic E-state index is 0.101. The highest BCUT2D eigenvalue weighted by Crippen LogP contribution is 2.36. The Hall–Kier alpha value is -2.08. The van der Waals surface area contributed by atoms with E-state index in [1.54, 1.807) is 12.1 Å². The fraction of sp³-hybridized carbons (Fsp3) is 0.143. The Morgan fingerprint density at radius 3 is 2.62 bits per heavy atom. The van der Waals surface area contributed by atoms with E-state index in [0.717, 1.165) is 6.07 Å². The second-order valence-corrected chi connectivity index (χ2v) is 4.58. The van der Waals surface area contributed by atoms with Crippen LogP contribution in [0, 0.1) is 0 Å². The summed E-state index contributed by atoms with van der Waals surface area (Å²) in [5.74, 6) is -0.434. The quantitative estimate of drug-likeness (QED) is 0.939. The Bertz CT molecular complexity index is 644. The molecule has 0 aliphatic carbocycles. The van der Waals surface area contributed by atoms with E-state index in [4.69, 9.17) is 11.6 Å². The van der Waals surface area contributed by atoms with E-state index in [1.165, 1.54) is 24.5 Å². The van der Waals surface area contributed by atoms with E-state index < -0.39 is 22.7 Å². The van der Waals surface area contributed by atoms with Crippen molar-refractivity contribution in [2.75, 3.05) is 0 Å². The van der Waals surface area contributed by atoms with Crippen LogP contribution in [0.1, 0.15) is 21.5 Å². The molecule has 0 spiro atoms. The maximum atomic E-state index is 12.7. The standard InChI is InChI=1S/C14H10ClF3N2O/c15-12-9(3-1-5-11(12)14(16,17)18)8-20-13(21)10-4-2-6-19-7-10/h1-7H,8H2,(H,20,21). The van der Waals surface area contributed by atoms with Crippen molar-refractivity contribution in [1.29, 1.82) is 0 Å². The molecule has 7 heteroatoms. The molecule has 1 aromatic carbocycles. The molecule has 0 saturated heterocycles. The fourth-order valence-electron chi connectivity index (χ4n) is 1.71. The van der Waals surface area contributed by atoms with Crippen LogP contribution in [0.2, 0.25) is 5.02 Å². The van der Waals surface area contributed by atoms with Crippen LogP contribution in [0.4, 0.5) is 13.2 Å². The predicted molar refractivity (Wildman–Crippen MR) is 71.9 cm³/mol. The molecule has 2 rings (SSSR count). The van der Waals surface area contributed by atoms with Gasteiger partial charge in [0.15, 0.2) is 0 Å². The number of nitrogens with one attached hydrogen (secondary N) is 1. The van der Waals surface area contributed by atoms with Gasteiger partial charge in [-0.25, -0.2) is 0 Å². The number of halogens is 4. The Labute approximate surface area is 123 Å². The number of benzene rings is 1. The van der Waals surface area contributed by atoms with Crippen molar-refractivity contribution in [1.82, 2.24) is 10.3 Å². The van der Waals surface area contributed by atoms with E-state index in [0.29, 0.717) is 5.56 Å². The van der Waals surface area contributed by atoms with Crippen molar-refractivity contribution < 1.29 is 18.0 Å². The number of carbonyl (C=O) groups excluding carboxylic acids is 1. The molecule has 0 atom stereocenters. The number of aromatic nitrogens is 1. The lowest BCUT2D eigenvalue weighted by Gasteiger charge is -2.12. The summed E-state index contributed by atoms with van der Waals surface area (Å²) in [5.41, 5.74) is -0.401. The van der Waals surface area contributed by atoms with Gasteiger partial charge in [0.05, 0.1) is 16.1 Å². The average molecular weight is 315 g/mol. The van der Waals surface area contributed by atoms with Crippen LogP contribution in [-0.2, 0) is 12.7 Å². The molecule has 21 heavy (non-hydrogen) atoms. The van der Waals surface area contributed by atoms with Gasteiger partial charge in [-0.15, -0.1) is 0 Å². The van der Waals surface area contributed by atoms with Gasteiger partial charge < -0.3 is 5.32 Å². The van der Waals surface area contributed by atoms with Crippen molar-refractivity contribution in [3.63, 3.8) is 0 Å². The molecule has 0 bridgehead atoms. The number of amides is 1. The lowest BCUT2D eigenvalue weighted by molar-refractivity contribution is -0.137. The van der Waals surface area contributed by atoms with Gasteiger partial charge in [0.1, 0.15) is 0 Å². The van der Waals surface area contributed by atoms with Gasteiger partial charge in [-0.1, -0.05) is 23.7 Å². The highest BCUT2D eigenvalue weighted by molar-refractivity contribution is 6.32. The van der Waals surface area contributed by atoms with Crippen LogP contribution in [0.15, 0.2) is 42.7 Å². The minimum Gasteiger partial charge on any atom is -0.348 e. The molecule has 0 aliphatic heterocycles. The van der Waals surface area contributed by atoms with Gasteiger partial charge in [-0.3, -0.25) is 9.78 Å². The number of rotatable bonds is 3. The van der Waals surface area contributed by atoms with Crippen molar-refractivity contribution in [3.05, 3.63) is 64.4 Å². The SMILES string of the molecule is O=C(NCc1cccc(C(F)(F)F)c1Cl)c1cccnc1. The Kier molecular flexibility index (Phi) is 4.47. The van der Waals surface area contributed by atoms with Gasteiger partial charge in [0.2, 0.25) is 0 Å². The highest BCUT2D eigenvalue weighted by Gasteiger charge is 2.33. The molecule has 0 saturated carbocycles. The first kappa shape index (κ1) is 15.3. The normalized spacial score (nSPS) is 11.2. The van der Waals surface area contributed by atoms with E-state index in [-0.39, 0.29) is 12.1 Å². The molecule has 1 heterocycles. The zero-order chi connectivity index (χ0) is 15.5. The van der Waals surface area contributed by atoms with Gasteiger partial charge in [-0.05, 0) is 23.8 Å². The third kappa shape index (κ3) is 3.72. The summed E-state index contributed by atoms with van der Waals surface area (Å²) >= 11 is 5.74. The molecule has 2 aromatic rings. The molecule has 1 aromatic heterocycles. The smallest absolute Gasteiger partial charge is 0.348 e. The zero-order valence-electron chi connectivity index (χ0n) is 10.6. The van der Waals surface area contributed by atoms with Crippen molar-refractivity contribution in [2.24, 2.45) is 0 Å². The van der Waals surface area contributed by atoms with E-state index in [1.807, 2.05) is 0 Å². The topological polar surface area (TPSA) is 42.0 Å². The lowest BCUT2D eigenvalue weighted by Crippen LogP contribution is -2.23. The molecule has 0 radical (unpaired) electrons. The molecule has 3 nitrogen and oxygen atoms in total. The maximum Gasteiger partial charge on any atom is 0.417 e. The fourth-order valence-corrected chi connectivity index (χ4v) is 2.01. The summed E-state index contributed by atoms with van der Waals surface area (Å²) in [6, 6.07) is 6.72. The molecular weight excluding hydrogens is 305 g/mol. The first-order valence-corrected chi connectivity index (χ1v) is 6.30. The molecule has 0 aliphatic rings. The summed E-state index contributed by atoms with van der Waals surface area (Å²) in [6.45, 7) is -0.101. The van der Waals surface area contributed by atoms with Crippen LogP contribution in [0.3, 0.4) is 0 Å². The maximum absolute atomic E-state index is 12.7. The minimum atomic E-state index is -4.53. The van der Waals surface area contributed by atoms with Crippen molar-refractivity contribution in [3.8, 4) is 0 Å².